The number of aliphatic hydroxyl groups excluding tert-OH is 8. The van der Waals surface area contributed by atoms with Gasteiger partial charge in [-0.15, -0.1) is 0 Å². The summed E-state index contributed by atoms with van der Waals surface area (Å²) in [5.41, 5.74) is -1.15. The summed E-state index contributed by atoms with van der Waals surface area (Å²) in [6.45, 7) is 2.12. The zero-order valence-electron chi connectivity index (χ0n) is 27.5. The summed E-state index contributed by atoms with van der Waals surface area (Å²) >= 11 is 0. The molecule has 3 aromatic rings. The van der Waals surface area contributed by atoms with Crippen molar-refractivity contribution < 1.29 is 89.0 Å². The molecule has 15 atom stereocenters. The fourth-order valence-electron chi connectivity index (χ4n) is 6.20. The molecule has 3 fully saturated rings. The molecule has 286 valence electrons. The molecule has 19 nitrogen and oxygen atoms in total. The van der Waals surface area contributed by atoms with Gasteiger partial charge in [0.05, 0.1) is 18.8 Å². The van der Waals surface area contributed by atoms with Crippen molar-refractivity contribution in [2.75, 3.05) is 6.61 Å². The molecule has 6 rings (SSSR count). The lowest BCUT2D eigenvalue weighted by atomic mass is 9.97. The highest BCUT2D eigenvalue weighted by Gasteiger charge is 2.52. The highest BCUT2D eigenvalue weighted by Crippen LogP contribution is 2.38. The molecule has 0 radical (unpaired) electrons. The van der Waals surface area contributed by atoms with E-state index in [4.69, 9.17) is 32.8 Å². The van der Waals surface area contributed by atoms with E-state index < -0.39 is 127 Å². The van der Waals surface area contributed by atoms with Crippen LogP contribution >= 0.6 is 0 Å². The maximum Gasteiger partial charge on any atom is 0.239 e. The molecule has 3 saturated heterocycles. The summed E-state index contributed by atoms with van der Waals surface area (Å²) in [7, 11) is 0. The van der Waals surface area contributed by atoms with Gasteiger partial charge in [0.15, 0.2) is 24.4 Å². The predicted molar refractivity (Wildman–Crippen MR) is 170 cm³/mol. The Labute approximate surface area is 293 Å². The minimum Gasteiger partial charge on any atom is -0.508 e. The van der Waals surface area contributed by atoms with Crippen LogP contribution in [-0.2, 0) is 23.7 Å². The summed E-state index contributed by atoms with van der Waals surface area (Å²) in [4.78, 5) is 14.0. The summed E-state index contributed by atoms with van der Waals surface area (Å²) in [6.07, 6.45) is -24.7. The maximum absolute atomic E-state index is 14.0. The SMILES string of the molecule is C[C@@H]1O[C@@H](O[C@@H]2[C@@H](Oc3c(-c4ccc(O)cc4)oc4cc(O)cc(O)c4c3=O)O[C@@H](CO[C@@H]3O[C@@H](C)[C@H](O)[C@H](O)[C@H]3O)[C@H](O)[C@@H]2O)[C@@H](O)[C@H](O)[C@H]1O. The van der Waals surface area contributed by atoms with E-state index in [1.807, 2.05) is 0 Å². The molecule has 2 aromatic carbocycles. The molecular formula is C33H40O19. The van der Waals surface area contributed by atoms with Gasteiger partial charge in [-0.1, -0.05) is 0 Å². The Hall–Kier alpha value is -3.67. The number of ether oxygens (including phenoxy) is 6. The van der Waals surface area contributed by atoms with Crippen LogP contribution < -0.4 is 10.2 Å². The largest absolute Gasteiger partial charge is 0.508 e. The lowest BCUT2D eigenvalue weighted by molar-refractivity contribution is -0.360. The number of rotatable bonds is 8. The number of hydrogen-bond donors (Lipinski definition) is 11. The highest BCUT2D eigenvalue weighted by molar-refractivity contribution is 5.88. The molecule has 0 aliphatic carbocycles. The van der Waals surface area contributed by atoms with Gasteiger partial charge in [-0.2, -0.15) is 0 Å². The fourth-order valence-corrected chi connectivity index (χ4v) is 6.20. The minimum absolute atomic E-state index is 0.138. The average molecular weight is 741 g/mol. The van der Waals surface area contributed by atoms with Crippen LogP contribution in [0.3, 0.4) is 0 Å². The van der Waals surface area contributed by atoms with Crippen molar-refractivity contribution in [2.45, 2.75) is 106 Å². The second-order valence-electron chi connectivity index (χ2n) is 12.9. The summed E-state index contributed by atoms with van der Waals surface area (Å²) in [5.74, 6) is -2.27. The lowest BCUT2D eigenvalue weighted by Crippen LogP contribution is -2.65. The van der Waals surface area contributed by atoms with Crippen molar-refractivity contribution in [1.29, 1.82) is 0 Å². The van der Waals surface area contributed by atoms with Crippen molar-refractivity contribution in [1.82, 2.24) is 0 Å². The number of fused-ring (bicyclic) bond motifs is 1. The van der Waals surface area contributed by atoms with Crippen molar-refractivity contribution >= 4 is 11.0 Å². The fraction of sp³-hybridized carbons (Fsp3) is 0.545. The number of aromatic hydroxyl groups is 3. The maximum atomic E-state index is 14.0. The molecule has 19 heteroatoms. The van der Waals surface area contributed by atoms with Gasteiger partial charge in [0.25, 0.3) is 0 Å². The van der Waals surface area contributed by atoms with E-state index in [9.17, 15) is 61.0 Å². The van der Waals surface area contributed by atoms with Gasteiger partial charge in [-0.25, -0.2) is 0 Å². The quantitative estimate of drug-likeness (QED) is 0.113. The molecule has 11 N–H and O–H groups in total. The molecule has 1 aromatic heterocycles. The average Bonchev–Trinajstić information content (AvgIpc) is 3.10. The third kappa shape index (κ3) is 7.16. The van der Waals surface area contributed by atoms with Crippen LogP contribution in [0.15, 0.2) is 45.6 Å². The summed E-state index contributed by atoms with van der Waals surface area (Å²) in [5, 5.41) is 115. The number of phenolic OH excluding ortho intramolecular Hbond substituents is 3. The van der Waals surface area contributed by atoms with E-state index in [-0.39, 0.29) is 22.7 Å². The van der Waals surface area contributed by atoms with Gasteiger partial charge in [0.2, 0.25) is 17.5 Å². The number of phenols is 3. The Bertz CT molecular complexity index is 1760. The van der Waals surface area contributed by atoms with E-state index in [2.05, 4.69) is 0 Å². The van der Waals surface area contributed by atoms with Crippen molar-refractivity contribution in [3.63, 3.8) is 0 Å². The topological polar surface area (TPSA) is 308 Å². The first kappa shape index (κ1) is 38.1. The first-order chi connectivity index (χ1) is 24.6. The van der Waals surface area contributed by atoms with E-state index in [1.165, 1.54) is 38.1 Å². The van der Waals surface area contributed by atoms with Gasteiger partial charge in [0, 0.05) is 17.7 Å². The Morgan fingerprint density at radius 1 is 0.654 bits per heavy atom. The standard InChI is InChI=1S/C33H40O19/c1-10-19(37)23(41)26(44)31(47-10)46-9-17-21(39)25(43)30(52-32-27(45)24(42)20(38)11(2)48-32)33(50-17)51-29-22(40)18-15(36)7-14(35)8-16(18)49-28(29)12-3-5-13(34)6-4-12/h3-8,10-11,17,19-21,23-27,30-39,41-45H,9H2,1-2H3/t10-,11-,17-,19-,20-,21-,23-,24+,25-,26+,27-,30-,31+,32-,33+/m0/s1. The van der Waals surface area contributed by atoms with Gasteiger partial charge < -0.3 is 89.0 Å². The molecule has 3 aliphatic rings. The molecular weight excluding hydrogens is 700 g/mol. The van der Waals surface area contributed by atoms with Crippen molar-refractivity contribution in [2.24, 2.45) is 0 Å². The van der Waals surface area contributed by atoms with Crippen LogP contribution in [0, 0.1) is 0 Å². The molecule has 4 heterocycles. The van der Waals surface area contributed by atoms with Gasteiger partial charge >= 0.3 is 0 Å². The normalized spacial score (nSPS) is 38.3. The van der Waals surface area contributed by atoms with Gasteiger partial charge in [-0.05, 0) is 38.1 Å². The summed E-state index contributed by atoms with van der Waals surface area (Å²) < 4.78 is 40.3. The Morgan fingerprint density at radius 3 is 1.88 bits per heavy atom. The molecule has 0 saturated carbocycles. The highest BCUT2D eigenvalue weighted by atomic mass is 16.8. The second kappa shape index (κ2) is 15.0. The second-order valence-corrected chi connectivity index (χ2v) is 12.9. The summed E-state index contributed by atoms with van der Waals surface area (Å²) in [6, 6.07) is 7.16. The Kier molecular flexibility index (Phi) is 11.0. The first-order valence-corrected chi connectivity index (χ1v) is 16.2. The van der Waals surface area contributed by atoms with Crippen LogP contribution in [0.1, 0.15) is 13.8 Å². The predicted octanol–water partition coefficient (Wildman–Crippen LogP) is -2.54. The smallest absolute Gasteiger partial charge is 0.239 e. The molecule has 52 heavy (non-hydrogen) atoms. The first-order valence-electron chi connectivity index (χ1n) is 16.2. The molecule has 0 amide bonds. The third-order valence-electron chi connectivity index (χ3n) is 9.26. The van der Waals surface area contributed by atoms with E-state index in [0.29, 0.717) is 0 Å². The van der Waals surface area contributed by atoms with Crippen LogP contribution in [0.2, 0.25) is 0 Å². The molecule has 0 unspecified atom stereocenters. The zero-order valence-corrected chi connectivity index (χ0v) is 27.5. The van der Waals surface area contributed by atoms with E-state index in [0.717, 1.165) is 12.1 Å². The molecule has 3 aliphatic heterocycles. The Morgan fingerprint density at radius 2 is 1.25 bits per heavy atom. The van der Waals surface area contributed by atoms with Crippen LogP contribution in [0.4, 0.5) is 0 Å². The van der Waals surface area contributed by atoms with Gasteiger partial charge in [0.1, 0.15) is 83.2 Å². The lowest BCUT2D eigenvalue weighted by Gasteiger charge is -2.46. The number of benzene rings is 2. The van der Waals surface area contributed by atoms with Crippen LogP contribution in [-0.4, -0.2) is 155 Å². The monoisotopic (exact) mass is 740 g/mol. The van der Waals surface area contributed by atoms with Crippen molar-refractivity contribution in [3.8, 4) is 34.3 Å². The molecule has 0 bridgehead atoms. The zero-order chi connectivity index (χ0) is 37.8. The minimum atomic E-state index is -2.00. The van der Waals surface area contributed by atoms with Crippen LogP contribution in [0.25, 0.3) is 22.3 Å². The van der Waals surface area contributed by atoms with Gasteiger partial charge in [-0.3, -0.25) is 4.79 Å². The Balaban J connectivity index is 1.38. The number of hydrogen-bond acceptors (Lipinski definition) is 19. The van der Waals surface area contributed by atoms with Crippen LogP contribution in [0.5, 0.6) is 23.0 Å². The molecule has 0 spiro atoms. The van der Waals surface area contributed by atoms with E-state index >= 15 is 0 Å². The van der Waals surface area contributed by atoms with E-state index in [1.54, 1.807) is 0 Å². The third-order valence-corrected chi connectivity index (χ3v) is 9.26. The van der Waals surface area contributed by atoms with Crippen molar-refractivity contribution in [3.05, 3.63) is 46.6 Å². The number of aliphatic hydroxyl groups is 8.